The van der Waals surface area contributed by atoms with Crippen LogP contribution in [0.25, 0.3) is 0 Å². The molecule has 0 aromatic heterocycles. The number of ether oxygens (including phenoxy) is 2. The Morgan fingerprint density at radius 2 is 1.94 bits per heavy atom. The smallest absolute Gasteiger partial charge is 0.265 e. The van der Waals surface area contributed by atoms with Crippen LogP contribution < -0.4 is 11.3 Å². The normalized spacial score (nSPS) is 10.3. The van der Waals surface area contributed by atoms with Gasteiger partial charge >= 0.3 is 0 Å². The fourth-order valence-corrected chi connectivity index (χ4v) is 1.49. The first-order valence-corrected chi connectivity index (χ1v) is 6.04. The molecule has 0 aliphatic carbocycles. The van der Waals surface area contributed by atoms with E-state index in [9.17, 15) is 4.79 Å². The third kappa shape index (κ3) is 4.83. The summed E-state index contributed by atoms with van der Waals surface area (Å²) in [6, 6.07) is 7.21. The fourth-order valence-electron chi connectivity index (χ4n) is 1.49. The monoisotopic (exact) mass is 252 g/mol. The fraction of sp³-hybridized carbons (Fsp3) is 0.462. The molecule has 1 amide bonds. The van der Waals surface area contributed by atoms with Crippen molar-refractivity contribution >= 4 is 5.91 Å². The predicted molar refractivity (Wildman–Crippen MR) is 68.9 cm³/mol. The lowest BCUT2D eigenvalue weighted by atomic mass is 10.1. The first-order valence-electron chi connectivity index (χ1n) is 6.04. The highest BCUT2D eigenvalue weighted by Gasteiger charge is 2.08. The number of carbonyl (C=O) groups is 1. The third-order valence-corrected chi connectivity index (χ3v) is 2.37. The van der Waals surface area contributed by atoms with Crippen LogP contribution in [-0.2, 0) is 16.1 Å². The van der Waals surface area contributed by atoms with Crippen molar-refractivity contribution < 1.29 is 14.3 Å². The van der Waals surface area contributed by atoms with E-state index in [1.807, 2.05) is 12.1 Å². The van der Waals surface area contributed by atoms with Gasteiger partial charge in [0.25, 0.3) is 5.91 Å². The molecule has 0 heterocycles. The second kappa shape index (κ2) is 8.63. The molecular weight excluding hydrogens is 232 g/mol. The van der Waals surface area contributed by atoms with E-state index in [2.05, 4.69) is 12.3 Å². The second-order valence-corrected chi connectivity index (χ2v) is 3.80. The van der Waals surface area contributed by atoms with Crippen LogP contribution in [-0.4, -0.2) is 25.7 Å². The molecule has 0 fully saturated rings. The van der Waals surface area contributed by atoms with Gasteiger partial charge in [-0.05, 0) is 18.1 Å². The van der Waals surface area contributed by atoms with Gasteiger partial charge in [0.1, 0.15) is 0 Å². The molecule has 0 bridgehead atoms. The zero-order chi connectivity index (χ0) is 13.2. The highest BCUT2D eigenvalue weighted by Crippen LogP contribution is 2.09. The summed E-state index contributed by atoms with van der Waals surface area (Å²) in [7, 11) is 0. The number of nitrogens with one attached hydrogen (secondary N) is 1. The molecule has 0 unspecified atom stereocenters. The number of hydrogen-bond acceptors (Lipinski definition) is 4. The number of rotatable bonds is 8. The molecule has 0 atom stereocenters. The van der Waals surface area contributed by atoms with E-state index in [0.29, 0.717) is 25.4 Å². The van der Waals surface area contributed by atoms with Gasteiger partial charge in [0.2, 0.25) is 0 Å². The van der Waals surface area contributed by atoms with E-state index in [0.717, 1.165) is 18.6 Å². The molecule has 5 heteroatoms. The lowest BCUT2D eigenvalue weighted by Gasteiger charge is -2.09. The molecule has 3 N–H and O–H groups in total. The molecule has 0 aliphatic heterocycles. The molecule has 0 aliphatic rings. The van der Waals surface area contributed by atoms with Gasteiger partial charge in [0.15, 0.2) is 0 Å². The van der Waals surface area contributed by atoms with Crippen molar-refractivity contribution in [3.05, 3.63) is 35.4 Å². The second-order valence-electron chi connectivity index (χ2n) is 3.80. The maximum atomic E-state index is 11.5. The number of hydrogen-bond donors (Lipinski definition) is 2. The van der Waals surface area contributed by atoms with E-state index in [4.69, 9.17) is 15.3 Å². The van der Waals surface area contributed by atoms with Gasteiger partial charge in [-0.15, -0.1) is 0 Å². The predicted octanol–water partition coefficient (Wildman–Crippen LogP) is 1.23. The average molecular weight is 252 g/mol. The lowest BCUT2D eigenvalue weighted by molar-refractivity contribution is 0.0405. The zero-order valence-electron chi connectivity index (χ0n) is 10.6. The number of benzene rings is 1. The van der Waals surface area contributed by atoms with Gasteiger partial charge in [-0.1, -0.05) is 25.1 Å². The Morgan fingerprint density at radius 3 is 2.67 bits per heavy atom. The third-order valence-electron chi connectivity index (χ3n) is 2.37. The SMILES string of the molecule is CCCOCCOCc1ccccc1C(=O)NN. The number of nitrogen functional groups attached to an aromatic ring is 1. The molecule has 0 saturated heterocycles. The average Bonchev–Trinajstić information content (AvgIpc) is 2.42. The van der Waals surface area contributed by atoms with Crippen LogP contribution in [0.4, 0.5) is 0 Å². The summed E-state index contributed by atoms with van der Waals surface area (Å²) in [5, 5.41) is 0. The number of carbonyl (C=O) groups excluding carboxylic acids is 1. The zero-order valence-corrected chi connectivity index (χ0v) is 10.6. The minimum Gasteiger partial charge on any atom is -0.379 e. The summed E-state index contributed by atoms with van der Waals surface area (Å²) in [4.78, 5) is 11.5. The summed E-state index contributed by atoms with van der Waals surface area (Å²) in [5.41, 5.74) is 3.47. The number of nitrogens with two attached hydrogens (primary N) is 1. The van der Waals surface area contributed by atoms with Crippen LogP contribution in [0.15, 0.2) is 24.3 Å². The molecule has 0 radical (unpaired) electrons. The highest BCUT2D eigenvalue weighted by molar-refractivity contribution is 5.95. The Kier molecular flexibility index (Phi) is 7.01. The summed E-state index contributed by atoms with van der Waals surface area (Å²) in [6.45, 7) is 4.26. The van der Waals surface area contributed by atoms with Gasteiger partial charge in [0.05, 0.1) is 19.8 Å². The summed E-state index contributed by atoms with van der Waals surface area (Å²) in [6.07, 6.45) is 1.000. The summed E-state index contributed by atoms with van der Waals surface area (Å²) < 4.78 is 10.8. The van der Waals surface area contributed by atoms with Crippen LogP contribution in [0.3, 0.4) is 0 Å². The van der Waals surface area contributed by atoms with E-state index >= 15 is 0 Å². The van der Waals surface area contributed by atoms with Crippen molar-refractivity contribution in [1.29, 1.82) is 0 Å². The first kappa shape index (κ1) is 14.6. The molecule has 1 rings (SSSR count). The van der Waals surface area contributed by atoms with Crippen LogP contribution in [0.2, 0.25) is 0 Å². The van der Waals surface area contributed by atoms with Crippen LogP contribution in [0.5, 0.6) is 0 Å². The van der Waals surface area contributed by atoms with Crippen LogP contribution in [0, 0.1) is 0 Å². The molecular formula is C13H20N2O3. The number of hydrazine groups is 1. The van der Waals surface area contributed by atoms with Crippen molar-refractivity contribution in [2.24, 2.45) is 5.84 Å². The first-order chi connectivity index (χ1) is 8.79. The molecule has 0 saturated carbocycles. The molecule has 18 heavy (non-hydrogen) atoms. The Hall–Kier alpha value is -1.43. The highest BCUT2D eigenvalue weighted by atomic mass is 16.5. The molecule has 1 aromatic carbocycles. The number of amides is 1. The lowest BCUT2D eigenvalue weighted by Crippen LogP contribution is -2.30. The van der Waals surface area contributed by atoms with Crippen LogP contribution in [0.1, 0.15) is 29.3 Å². The van der Waals surface area contributed by atoms with Gasteiger partial charge in [-0.2, -0.15) is 0 Å². The van der Waals surface area contributed by atoms with Gasteiger partial charge in [0, 0.05) is 12.2 Å². The van der Waals surface area contributed by atoms with Gasteiger partial charge in [-0.3, -0.25) is 10.2 Å². The van der Waals surface area contributed by atoms with E-state index in [-0.39, 0.29) is 5.91 Å². The van der Waals surface area contributed by atoms with Crippen LogP contribution >= 0.6 is 0 Å². The van der Waals surface area contributed by atoms with Crippen molar-refractivity contribution in [2.45, 2.75) is 20.0 Å². The molecule has 1 aromatic rings. The van der Waals surface area contributed by atoms with Crippen molar-refractivity contribution in [3.8, 4) is 0 Å². The minimum absolute atomic E-state index is 0.309. The van der Waals surface area contributed by atoms with Crippen molar-refractivity contribution in [1.82, 2.24) is 5.43 Å². The maximum Gasteiger partial charge on any atom is 0.265 e. The minimum atomic E-state index is -0.309. The van der Waals surface area contributed by atoms with E-state index in [1.54, 1.807) is 12.1 Å². The Balaban J connectivity index is 2.39. The summed E-state index contributed by atoms with van der Waals surface area (Å²) in [5.74, 6) is 4.81. The largest absolute Gasteiger partial charge is 0.379 e. The Bertz CT molecular complexity index is 369. The standard InChI is InChI=1S/C13H20N2O3/c1-2-7-17-8-9-18-10-11-5-3-4-6-12(11)13(16)15-14/h3-6H,2,7-10,14H2,1H3,(H,15,16). The van der Waals surface area contributed by atoms with Gasteiger partial charge in [-0.25, -0.2) is 5.84 Å². The van der Waals surface area contributed by atoms with E-state index < -0.39 is 0 Å². The molecule has 5 nitrogen and oxygen atoms in total. The quantitative estimate of drug-likeness (QED) is 0.316. The van der Waals surface area contributed by atoms with Crippen molar-refractivity contribution in [2.75, 3.05) is 19.8 Å². The van der Waals surface area contributed by atoms with E-state index in [1.165, 1.54) is 0 Å². The molecule has 0 spiro atoms. The van der Waals surface area contributed by atoms with Gasteiger partial charge < -0.3 is 9.47 Å². The summed E-state index contributed by atoms with van der Waals surface area (Å²) >= 11 is 0. The topological polar surface area (TPSA) is 73.6 Å². The molecule has 100 valence electrons. The Morgan fingerprint density at radius 1 is 1.22 bits per heavy atom. The maximum absolute atomic E-state index is 11.5. The van der Waals surface area contributed by atoms with Crippen molar-refractivity contribution in [3.63, 3.8) is 0 Å². The Labute approximate surface area is 107 Å².